The Kier molecular flexibility index (Phi) is 5.13. The van der Waals surface area contributed by atoms with Gasteiger partial charge in [0.05, 0.1) is 12.2 Å². The van der Waals surface area contributed by atoms with E-state index in [1.807, 2.05) is 36.4 Å². The molecule has 140 valence electrons. The van der Waals surface area contributed by atoms with Gasteiger partial charge in [-0.25, -0.2) is 15.0 Å². The van der Waals surface area contributed by atoms with Crippen molar-refractivity contribution < 1.29 is 9.15 Å². The molecule has 1 saturated carbocycles. The molecule has 1 fully saturated rings. The molecule has 4 rings (SSSR count). The first-order valence-corrected chi connectivity index (χ1v) is 9.07. The van der Waals surface area contributed by atoms with E-state index < -0.39 is 0 Å². The van der Waals surface area contributed by atoms with Crippen molar-refractivity contribution in [2.45, 2.75) is 38.0 Å². The summed E-state index contributed by atoms with van der Waals surface area (Å²) in [5.74, 6) is 2.44. The molecule has 0 atom stereocenters. The second-order valence-corrected chi connectivity index (χ2v) is 6.82. The summed E-state index contributed by atoms with van der Waals surface area (Å²) >= 11 is 0. The fourth-order valence-electron chi connectivity index (χ4n) is 3.20. The van der Waals surface area contributed by atoms with Crippen molar-refractivity contribution in [1.82, 2.24) is 15.0 Å². The molecule has 1 aliphatic rings. The van der Waals surface area contributed by atoms with E-state index in [2.05, 4.69) is 20.3 Å². The molecule has 7 heteroatoms. The monoisotopic (exact) mass is 365 g/mol. The highest BCUT2D eigenvalue weighted by molar-refractivity contribution is 5.52. The van der Waals surface area contributed by atoms with Gasteiger partial charge in [-0.1, -0.05) is 18.2 Å². The van der Waals surface area contributed by atoms with Crippen molar-refractivity contribution in [2.24, 2.45) is 5.73 Å². The zero-order valence-corrected chi connectivity index (χ0v) is 15.3. The van der Waals surface area contributed by atoms with Crippen molar-refractivity contribution in [3.63, 3.8) is 0 Å². The summed E-state index contributed by atoms with van der Waals surface area (Å²) in [4.78, 5) is 13.7. The van der Waals surface area contributed by atoms with Gasteiger partial charge in [0.2, 0.25) is 5.89 Å². The molecular formula is C20H23N5O2. The first-order chi connectivity index (χ1) is 13.2. The van der Waals surface area contributed by atoms with Gasteiger partial charge in [0.25, 0.3) is 0 Å². The number of methoxy groups -OCH3 is 1. The SMILES string of the molecule is COCc1nc(NCc2coc(-c3ccccc3)n2)cc(C2CC(N)C2)n1. The fourth-order valence-corrected chi connectivity index (χ4v) is 3.20. The van der Waals surface area contributed by atoms with E-state index in [0.717, 1.165) is 35.6 Å². The number of nitrogens with zero attached hydrogens (tertiary/aromatic N) is 3. The molecule has 1 aromatic carbocycles. The maximum absolute atomic E-state index is 5.92. The summed E-state index contributed by atoms with van der Waals surface area (Å²) in [5, 5.41) is 3.32. The summed E-state index contributed by atoms with van der Waals surface area (Å²) in [6.45, 7) is 0.896. The molecule has 2 aromatic heterocycles. The molecule has 0 aliphatic heterocycles. The van der Waals surface area contributed by atoms with Gasteiger partial charge in [0.1, 0.15) is 18.7 Å². The molecule has 0 saturated heterocycles. The molecular weight excluding hydrogens is 342 g/mol. The lowest BCUT2D eigenvalue weighted by molar-refractivity contribution is 0.177. The maximum Gasteiger partial charge on any atom is 0.226 e. The van der Waals surface area contributed by atoms with Crippen LogP contribution in [0, 0.1) is 0 Å². The number of oxazole rings is 1. The van der Waals surface area contributed by atoms with Crippen LogP contribution in [0.25, 0.3) is 11.5 Å². The maximum atomic E-state index is 5.92. The Morgan fingerprint density at radius 2 is 2.00 bits per heavy atom. The Morgan fingerprint density at radius 3 is 2.74 bits per heavy atom. The number of anilines is 1. The summed E-state index contributed by atoms with van der Waals surface area (Å²) in [5.41, 5.74) is 8.71. The highest BCUT2D eigenvalue weighted by Crippen LogP contribution is 2.35. The Morgan fingerprint density at radius 1 is 1.19 bits per heavy atom. The van der Waals surface area contributed by atoms with E-state index >= 15 is 0 Å². The average molecular weight is 365 g/mol. The van der Waals surface area contributed by atoms with Crippen molar-refractivity contribution >= 4 is 5.82 Å². The van der Waals surface area contributed by atoms with E-state index in [1.54, 1.807) is 13.4 Å². The minimum Gasteiger partial charge on any atom is -0.444 e. The number of nitrogens with one attached hydrogen (secondary N) is 1. The van der Waals surface area contributed by atoms with Gasteiger partial charge in [-0.15, -0.1) is 0 Å². The molecule has 2 heterocycles. The van der Waals surface area contributed by atoms with E-state index in [1.165, 1.54) is 0 Å². The van der Waals surface area contributed by atoms with Crippen LogP contribution in [-0.4, -0.2) is 28.1 Å². The highest BCUT2D eigenvalue weighted by Gasteiger charge is 2.29. The van der Waals surface area contributed by atoms with Gasteiger partial charge in [-0.3, -0.25) is 0 Å². The molecule has 3 aromatic rings. The zero-order valence-electron chi connectivity index (χ0n) is 15.3. The lowest BCUT2D eigenvalue weighted by Gasteiger charge is -2.32. The molecule has 0 bridgehead atoms. The van der Waals surface area contributed by atoms with Crippen molar-refractivity contribution in [1.29, 1.82) is 0 Å². The lowest BCUT2D eigenvalue weighted by Crippen LogP contribution is -2.35. The predicted molar refractivity (Wildman–Crippen MR) is 102 cm³/mol. The largest absolute Gasteiger partial charge is 0.444 e. The first-order valence-electron chi connectivity index (χ1n) is 9.07. The second kappa shape index (κ2) is 7.85. The number of ether oxygens (including phenoxy) is 1. The molecule has 0 radical (unpaired) electrons. The third-order valence-electron chi connectivity index (χ3n) is 4.68. The van der Waals surface area contributed by atoms with Crippen LogP contribution in [0.5, 0.6) is 0 Å². The van der Waals surface area contributed by atoms with Gasteiger partial charge in [0, 0.05) is 36.4 Å². The molecule has 3 N–H and O–H groups in total. The van der Waals surface area contributed by atoms with Gasteiger partial charge in [0.15, 0.2) is 5.82 Å². The number of benzene rings is 1. The smallest absolute Gasteiger partial charge is 0.226 e. The van der Waals surface area contributed by atoms with E-state index in [4.69, 9.17) is 14.9 Å². The summed E-state index contributed by atoms with van der Waals surface area (Å²) < 4.78 is 10.8. The van der Waals surface area contributed by atoms with Crippen LogP contribution < -0.4 is 11.1 Å². The molecule has 1 aliphatic carbocycles. The van der Waals surface area contributed by atoms with Crippen LogP contribution in [-0.2, 0) is 17.9 Å². The molecule has 7 nitrogen and oxygen atoms in total. The summed E-state index contributed by atoms with van der Waals surface area (Å²) in [7, 11) is 1.64. The van der Waals surface area contributed by atoms with Crippen LogP contribution in [0.2, 0.25) is 0 Å². The van der Waals surface area contributed by atoms with Crippen LogP contribution in [0.1, 0.15) is 36.0 Å². The molecule has 27 heavy (non-hydrogen) atoms. The van der Waals surface area contributed by atoms with Gasteiger partial charge >= 0.3 is 0 Å². The predicted octanol–water partition coefficient (Wildman–Crippen LogP) is 3.09. The number of hydrogen-bond acceptors (Lipinski definition) is 7. The Labute approximate surface area is 158 Å². The number of rotatable bonds is 7. The minimum atomic E-state index is 0.277. The third-order valence-corrected chi connectivity index (χ3v) is 4.68. The van der Waals surface area contributed by atoms with Crippen molar-refractivity contribution in [3.05, 3.63) is 59.9 Å². The standard InChI is InChI=1S/C20H23N5O2/c1-26-12-19-24-17(14-7-15(21)8-14)9-18(25-19)22-10-16-11-27-20(23-16)13-5-3-2-4-6-13/h2-6,9,11,14-15H,7-8,10,12,21H2,1H3,(H,22,24,25). The highest BCUT2D eigenvalue weighted by atomic mass is 16.5. The third kappa shape index (κ3) is 4.15. The normalized spacial score (nSPS) is 18.9. The zero-order chi connectivity index (χ0) is 18.6. The van der Waals surface area contributed by atoms with Crippen LogP contribution in [0.4, 0.5) is 5.82 Å². The van der Waals surface area contributed by atoms with E-state index in [0.29, 0.717) is 30.8 Å². The topological polar surface area (TPSA) is 99.1 Å². The molecule has 0 unspecified atom stereocenters. The van der Waals surface area contributed by atoms with Crippen molar-refractivity contribution in [3.8, 4) is 11.5 Å². The minimum absolute atomic E-state index is 0.277. The molecule has 0 spiro atoms. The first kappa shape index (κ1) is 17.6. The number of hydrogen-bond donors (Lipinski definition) is 2. The second-order valence-electron chi connectivity index (χ2n) is 6.82. The van der Waals surface area contributed by atoms with Crippen LogP contribution in [0.3, 0.4) is 0 Å². The van der Waals surface area contributed by atoms with E-state index in [9.17, 15) is 0 Å². The fraction of sp³-hybridized carbons (Fsp3) is 0.350. The van der Waals surface area contributed by atoms with Gasteiger partial charge in [-0.2, -0.15) is 0 Å². The van der Waals surface area contributed by atoms with Crippen LogP contribution >= 0.6 is 0 Å². The lowest BCUT2D eigenvalue weighted by atomic mass is 9.78. The molecule has 0 amide bonds. The average Bonchev–Trinajstić information content (AvgIpc) is 3.14. The number of aromatic nitrogens is 3. The Hall–Kier alpha value is -2.77. The van der Waals surface area contributed by atoms with Crippen molar-refractivity contribution in [2.75, 3.05) is 12.4 Å². The Balaban J connectivity index is 1.46. The summed E-state index contributed by atoms with van der Waals surface area (Å²) in [6, 6.07) is 12.1. The Bertz CT molecular complexity index is 890. The quantitative estimate of drug-likeness (QED) is 0.664. The van der Waals surface area contributed by atoms with Crippen LogP contribution in [0.15, 0.2) is 47.1 Å². The van der Waals surface area contributed by atoms with Gasteiger partial charge < -0.3 is 20.2 Å². The number of nitrogens with two attached hydrogens (primary N) is 1. The van der Waals surface area contributed by atoms with E-state index in [-0.39, 0.29) is 6.04 Å². The summed E-state index contributed by atoms with van der Waals surface area (Å²) in [6.07, 6.45) is 3.59. The van der Waals surface area contributed by atoms with Gasteiger partial charge in [-0.05, 0) is 25.0 Å².